The molecule has 4 aromatic rings. The van der Waals surface area contributed by atoms with E-state index in [1.165, 1.54) is 5.56 Å². The van der Waals surface area contributed by atoms with Gasteiger partial charge in [0.15, 0.2) is 6.61 Å². The summed E-state index contributed by atoms with van der Waals surface area (Å²) >= 11 is 0. The SMILES string of the molecule is CC(NC(=O)COc1ccccc1)c1nc2ccccc2n1CC(=O)N1CCCc2ccccc21. The van der Waals surface area contributed by atoms with Crippen LogP contribution < -0.4 is 15.0 Å². The Kier molecular flexibility index (Phi) is 6.48. The molecule has 2 amide bonds. The summed E-state index contributed by atoms with van der Waals surface area (Å²) in [7, 11) is 0. The first-order valence-electron chi connectivity index (χ1n) is 11.9. The van der Waals surface area contributed by atoms with Crippen molar-refractivity contribution in [2.24, 2.45) is 0 Å². The van der Waals surface area contributed by atoms with Gasteiger partial charge >= 0.3 is 0 Å². The number of hydrogen-bond donors (Lipinski definition) is 1. The molecule has 7 heteroatoms. The molecule has 0 radical (unpaired) electrons. The second-order valence-electron chi connectivity index (χ2n) is 8.71. The highest BCUT2D eigenvalue weighted by Crippen LogP contribution is 2.28. The molecule has 1 N–H and O–H groups in total. The Bertz CT molecular complexity index is 1350. The van der Waals surface area contributed by atoms with Crippen molar-refractivity contribution >= 4 is 28.5 Å². The monoisotopic (exact) mass is 468 g/mol. The topological polar surface area (TPSA) is 76.5 Å². The normalized spacial score (nSPS) is 13.8. The minimum Gasteiger partial charge on any atom is -0.484 e. The van der Waals surface area contributed by atoms with Gasteiger partial charge in [0.05, 0.1) is 17.1 Å². The Morgan fingerprint density at radius 1 is 1.00 bits per heavy atom. The molecule has 1 aromatic heterocycles. The third-order valence-corrected chi connectivity index (χ3v) is 6.27. The van der Waals surface area contributed by atoms with Gasteiger partial charge in [-0.25, -0.2) is 4.98 Å². The molecule has 178 valence electrons. The molecule has 5 rings (SSSR count). The van der Waals surface area contributed by atoms with Crippen LogP contribution in [0, 0.1) is 0 Å². The first-order chi connectivity index (χ1) is 17.1. The van der Waals surface area contributed by atoms with E-state index in [1.807, 2.05) is 77.1 Å². The van der Waals surface area contributed by atoms with Gasteiger partial charge in [0, 0.05) is 12.2 Å². The maximum absolute atomic E-state index is 13.5. The second-order valence-corrected chi connectivity index (χ2v) is 8.71. The molecular formula is C28H28N4O3. The van der Waals surface area contributed by atoms with Crippen molar-refractivity contribution in [2.75, 3.05) is 18.1 Å². The maximum atomic E-state index is 13.5. The Labute approximate surface area is 204 Å². The molecule has 7 nitrogen and oxygen atoms in total. The molecule has 0 spiro atoms. The van der Waals surface area contributed by atoms with Crippen molar-refractivity contribution in [1.82, 2.24) is 14.9 Å². The lowest BCUT2D eigenvalue weighted by Crippen LogP contribution is -2.38. The van der Waals surface area contributed by atoms with Crippen molar-refractivity contribution in [3.63, 3.8) is 0 Å². The summed E-state index contributed by atoms with van der Waals surface area (Å²) in [6.07, 6.45) is 1.92. The minimum absolute atomic E-state index is 0.00694. The van der Waals surface area contributed by atoms with Gasteiger partial charge in [-0.3, -0.25) is 9.59 Å². The number of imidazole rings is 1. The molecule has 1 aliphatic rings. The van der Waals surface area contributed by atoms with Crippen LogP contribution in [-0.4, -0.2) is 34.5 Å². The van der Waals surface area contributed by atoms with E-state index >= 15 is 0 Å². The van der Waals surface area contributed by atoms with E-state index < -0.39 is 6.04 Å². The first kappa shape index (κ1) is 22.7. The average molecular weight is 469 g/mol. The lowest BCUT2D eigenvalue weighted by Gasteiger charge is -2.30. The van der Waals surface area contributed by atoms with E-state index in [1.54, 1.807) is 12.1 Å². The lowest BCUT2D eigenvalue weighted by atomic mass is 10.0. The number of carbonyl (C=O) groups is 2. The average Bonchev–Trinajstić information content (AvgIpc) is 3.26. The second kappa shape index (κ2) is 10.0. The summed E-state index contributed by atoms with van der Waals surface area (Å²) in [5.41, 5.74) is 3.83. The van der Waals surface area contributed by atoms with Gasteiger partial charge in [-0.1, -0.05) is 48.5 Å². The molecule has 2 heterocycles. The third kappa shape index (κ3) is 4.89. The molecule has 35 heavy (non-hydrogen) atoms. The van der Waals surface area contributed by atoms with Gasteiger partial charge in [0.1, 0.15) is 18.1 Å². The van der Waals surface area contributed by atoms with Crippen LogP contribution >= 0.6 is 0 Å². The number of fused-ring (bicyclic) bond motifs is 2. The van der Waals surface area contributed by atoms with E-state index in [0.29, 0.717) is 18.1 Å². The Hall–Kier alpha value is -4.13. The number of carbonyl (C=O) groups excluding carboxylic acids is 2. The zero-order chi connectivity index (χ0) is 24.2. The van der Waals surface area contributed by atoms with Crippen molar-refractivity contribution in [2.45, 2.75) is 32.4 Å². The summed E-state index contributed by atoms with van der Waals surface area (Å²) < 4.78 is 7.49. The number of aryl methyl sites for hydroxylation is 1. The van der Waals surface area contributed by atoms with Gasteiger partial charge in [0.25, 0.3) is 5.91 Å². The Morgan fingerprint density at radius 3 is 2.60 bits per heavy atom. The predicted molar refractivity (Wildman–Crippen MR) is 135 cm³/mol. The van der Waals surface area contributed by atoms with E-state index in [4.69, 9.17) is 9.72 Å². The molecule has 1 aliphatic heterocycles. The van der Waals surface area contributed by atoms with Gasteiger partial charge in [-0.2, -0.15) is 0 Å². The number of ether oxygens (including phenoxy) is 1. The molecule has 0 fully saturated rings. The van der Waals surface area contributed by atoms with E-state index in [0.717, 1.165) is 29.6 Å². The molecule has 3 aromatic carbocycles. The summed E-state index contributed by atoms with van der Waals surface area (Å²) in [6.45, 7) is 2.61. The van der Waals surface area contributed by atoms with Crippen LogP contribution in [-0.2, 0) is 22.6 Å². The molecule has 0 bridgehead atoms. The number of aromatic nitrogens is 2. The number of para-hydroxylation sites is 4. The molecule has 1 unspecified atom stereocenters. The number of nitrogens with zero attached hydrogens (tertiary/aromatic N) is 3. The Morgan fingerprint density at radius 2 is 1.74 bits per heavy atom. The van der Waals surface area contributed by atoms with Crippen molar-refractivity contribution < 1.29 is 14.3 Å². The largest absolute Gasteiger partial charge is 0.484 e. The standard InChI is InChI=1S/C28H28N4O3/c1-20(29-26(33)19-35-22-12-3-2-4-13-22)28-30-23-14-6-8-16-25(23)32(28)18-27(34)31-17-9-11-21-10-5-7-15-24(21)31/h2-8,10,12-16,20H,9,11,17-19H2,1H3,(H,29,33). The number of anilines is 1. The van der Waals surface area contributed by atoms with E-state index in [2.05, 4.69) is 11.4 Å². The highest BCUT2D eigenvalue weighted by atomic mass is 16.5. The zero-order valence-corrected chi connectivity index (χ0v) is 19.7. The van der Waals surface area contributed by atoms with Crippen LogP contribution in [0.25, 0.3) is 11.0 Å². The van der Waals surface area contributed by atoms with Crippen molar-refractivity contribution in [3.05, 3.63) is 90.3 Å². The van der Waals surface area contributed by atoms with Gasteiger partial charge in [-0.05, 0) is 55.7 Å². The van der Waals surface area contributed by atoms with Crippen LogP contribution in [0.5, 0.6) is 5.75 Å². The summed E-state index contributed by atoms with van der Waals surface area (Å²) in [5, 5.41) is 2.96. The van der Waals surface area contributed by atoms with Gasteiger partial charge in [-0.15, -0.1) is 0 Å². The molecule has 0 saturated carbocycles. The molecule has 0 saturated heterocycles. The number of hydrogen-bond acceptors (Lipinski definition) is 4. The third-order valence-electron chi connectivity index (χ3n) is 6.27. The van der Waals surface area contributed by atoms with Crippen molar-refractivity contribution in [1.29, 1.82) is 0 Å². The fourth-order valence-corrected chi connectivity index (χ4v) is 4.62. The predicted octanol–water partition coefficient (Wildman–Crippen LogP) is 4.27. The smallest absolute Gasteiger partial charge is 0.258 e. The highest BCUT2D eigenvalue weighted by Gasteiger charge is 2.25. The molecule has 0 aliphatic carbocycles. The van der Waals surface area contributed by atoms with Crippen LogP contribution in [0.2, 0.25) is 0 Å². The van der Waals surface area contributed by atoms with Crippen LogP contribution in [0.1, 0.15) is 30.8 Å². The maximum Gasteiger partial charge on any atom is 0.258 e. The van der Waals surface area contributed by atoms with Crippen LogP contribution in [0.4, 0.5) is 5.69 Å². The van der Waals surface area contributed by atoms with E-state index in [-0.39, 0.29) is 25.0 Å². The summed E-state index contributed by atoms with van der Waals surface area (Å²) in [5.74, 6) is 1.02. The fraction of sp³-hybridized carbons (Fsp3) is 0.250. The molecular weight excluding hydrogens is 440 g/mol. The zero-order valence-electron chi connectivity index (χ0n) is 19.7. The van der Waals surface area contributed by atoms with Gasteiger partial charge < -0.3 is 19.5 Å². The summed E-state index contributed by atoms with van der Waals surface area (Å²) in [4.78, 5) is 32.7. The fourth-order valence-electron chi connectivity index (χ4n) is 4.62. The number of amides is 2. The molecule has 1 atom stereocenters. The minimum atomic E-state index is -0.407. The van der Waals surface area contributed by atoms with Crippen molar-refractivity contribution in [3.8, 4) is 5.75 Å². The Balaban J connectivity index is 1.36. The summed E-state index contributed by atoms with van der Waals surface area (Å²) in [6, 6.07) is 24.6. The lowest BCUT2D eigenvalue weighted by molar-refractivity contribution is -0.123. The van der Waals surface area contributed by atoms with Gasteiger partial charge in [0.2, 0.25) is 5.91 Å². The first-order valence-corrected chi connectivity index (χ1v) is 11.9. The number of benzene rings is 3. The number of rotatable bonds is 7. The quantitative estimate of drug-likeness (QED) is 0.439. The number of nitrogens with one attached hydrogen (secondary N) is 1. The van der Waals surface area contributed by atoms with Crippen LogP contribution in [0.15, 0.2) is 78.9 Å². The van der Waals surface area contributed by atoms with Crippen LogP contribution in [0.3, 0.4) is 0 Å². The van der Waals surface area contributed by atoms with E-state index in [9.17, 15) is 9.59 Å². The highest BCUT2D eigenvalue weighted by molar-refractivity contribution is 5.95.